The lowest BCUT2D eigenvalue weighted by molar-refractivity contribution is -0.110. The van der Waals surface area contributed by atoms with Crippen LogP contribution >= 0.6 is 0 Å². The fraction of sp³-hybridized carbons (Fsp3) is 0.0625. The van der Waals surface area contributed by atoms with Gasteiger partial charge in [-0.15, -0.1) is 0 Å². The van der Waals surface area contributed by atoms with E-state index in [1.165, 1.54) is 12.1 Å². The lowest BCUT2D eigenvalue weighted by atomic mass is 10.0. The Labute approximate surface area is 110 Å². The van der Waals surface area contributed by atoms with Crippen molar-refractivity contribution in [2.75, 3.05) is 5.32 Å². The zero-order valence-electron chi connectivity index (χ0n) is 10.4. The Morgan fingerprint density at radius 3 is 2.58 bits per heavy atom. The van der Waals surface area contributed by atoms with Crippen molar-refractivity contribution < 1.29 is 9.18 Å². The maximum Gasteiger partial charge on any atom is 0.256 e. The minimum Gasteiger partial charge on any atom is -0.321 e. The van der Waals surface area contributed by atoms with E-state index >= 15 is 0 Å². The van der Waals surface area contributed by atoms with Crippen molar-refractivity contribution in [1.82, 2.24) is 0 Å². The zero-order valence-corrected chi connectivity index (χ0v) is 10.4. The molecule has 0 radical (unpaired) electrons. The largest absolute Gasteiger partial charge is 0.321 e. The Hall–Kier alpha value is -2.42. The van der Waals surface area contributed by atoms with Crippen LogP contribution in [0.2, 0.25) is 0 Å². The van der Waals surface area contributed by atoms with Crippen LogP contribution in [0.3, 0.4) is 0 Å². The van der Waals surface area contributed by atoms with Crippen LogP contribution in [-0.2, 0) is 4.79 Å². The number of aryl methyl sites for hydroxylation is 1. The summed E-state index contributed by atoms with van der Waals surface area (Å²) in [7, 11) is 0. The number of halogens is 1. The molecule has 0 unspecified atom stereocenters. The second-order valence-electron chi connectivity index (χ2n) is 4.61. The number of benzene rings is 2. The number of fused-ring (bicyclic) bond motifs is 1. The molecule has 0 fully saturated rings. The molecule has 0 spiro atoms. The minimum atomic E-state index is -0.283. The highest BCUT2D eigenvalue weighted by Crippen LogP contribution is 2.33. The molecule has 2 aromatic carbocycles. The molecule has 1 aliphatic rings. The van der Waals surface area contributed by atoms with E-state index in [1.807, 2.05) is 25.1 Å². The molecule has 0 aromatic heterocycles. The summed E-state index contributed by atoms with van der Waals surface area (Å²) < 4.78 is 12.9. The van der Waals surface area contributed by atoms with Crippen molar-refractivity contribution in [3.05, 3.63) is 65.0 Å². The second kappa shape index (κ2) is 4.35. The van der Waals surface area contributed by atoms with Gasteiger partial charge in [0.2, 0.25) is 0 Å². The molecule has 1 aliphatic heterocycles. The highest BCUT2D eigenvalue weighted by atomic mass is 19.1. The van der Waals surface area contributed by atoms with E-state index < -0.39 is 0 Å². The first-order valence-electron chi connectivity index (χ1n) is 6.03. The van der Waals surface area contributed by atoms with Gasteiger partial charge in [-0.1, -0.05) is 24.3 Å². The molecule has 94 valence electrons. The summed E-state index contributed by atoms with van der Waals surface area (Å²) in [5.74, 6) is -0.404. The maximum absolute atomic E-state index is 12.9. The van der Waals surface area contributed by atoms with Crippen molar-refractivity contribution in [1.29, 1.82) is 0 Å². The van der Waals surface area contributed by atoms with Crippen molar-refractivity contribution >= 4 is 23.2 Å². The number of nitrogens with one attached hydrogen (secondary N) is 1. The second-order valence-corrected chi connectivity index (χ2v) is 4.61. The summed E-state index contributed by atoms with van der Waals surface area (Å²) in [5.41, 5.74) is 4.24. The Morgan fingerprint density at radius 1 is 1.11 bits per heavy atom. The van der Waals surface area contributed by atoms with Gasteiger partial charge in [0.25, 0.3) is 5.91 Å². The smallest absolute Gasteiger partial charge is 0.256 e. The SMILES string of the molecule is Cc1ccc2c(c1)NC(=O)C2=Cc1ccc(F)cc1. The van der Waals surface area contributed by atoms with E-state index in [9.17, 15) is 9.18 Å². The lowest BCUT2D eigenvalue weighted by Gasteiger charge is -2.00. The Balaban J connectivity index is 2.06. The number of rotatable bonds is 1. The summed E-state index contributed by atoms with van der Waals surface area (Å²) in [5, 5.41) is 2.84. The van der Waals surface area contributed by atoms with Crippen molar-refractivity contribution in [2.24, 2.45) is 0 Å². The van der Waals surface area contributed by atoms with E-state index in [2.05, 4.69) is 5.32 Å². The van der Waals surface area contributed by atoms with E-state index in [0.717, 1.165) is 22.4 Å². The van der Waals surface area contributed by atoms with Gasteiger partial charge in [-0.05, 0) is 42.3 Å². The van der Waals surface area contributed by atoms with Crippen LogP contribution in [0.4, 0.5) is 10.1 Å². The molecule has 0 saturated carbocycles. The molecule has 0 atom stereocenters. The molecule has 0 aliphatic carbocycles. The first-order chi connectivity index (χ1) is 9.13. The van der Waals surface area contributed by atoms with Gasteiger partial charge in [-0.25, -0.2) is 4.39 Å². The number of hydrogen-bond acceptors (Lipinski definition) is 1. The van der Waals surface area contributed by atoms with Gasteiger partial charge in [0, 0.05) is 16.8 Å². The summed E-state index contributed by atoms with van der Waals surface area (Å²) in [4.78, 5) is 12.0. The third kappa shape index (κ3) is 2.15. The van der Waals surface area contributed by atoms with Crippen molar-refractivity contribution in [2.45, 2.75) is 6.92 Å². The molecule has 2 aromatic rings. The van der Waals surface area contributed by atoms with Crippen LogP contribution in [0, 0.1) is 12.7 Å². The first-order valence-corrected chi connectivity index (χ1v) is 6.03. The molecule has 1 amide bonds. The van der Waals surface area contributed by atoms with Crippen LogP contribution < -0.4 is 5.32 Å². The summed E-state index contributed by atoms with van der Waals surface area (Å²) in [6, 6.07) is 11.9. The summed E-state index contributed by atoms with van der Waals surface area (Å²) in [6.07, 6.45) is 1.77. The standard InChI is InChI=1S/C16H12FNO/c1-10-2-7-13-14(16(19)18-15(13)8-10)9-11-3-5-12(17)6-4-11/h2-9H,1H3,(H,18,19). The average molecular weight is 253 g/mol. The van der Waals surface area contributed by atoms with Crippen LogP contribution in [0.25, 0.3) is 11.6 Å². The Bertz CT molecular complexity index is 686. The van der Waals surface area contributed by atoms with E-state index in [-0.39, 0.29) is 11.7 Å². The van der Waals surface area contributed by atoms with Crippen LogP contribution in [0.15, 0.2) is 42.5 Å². The number of hydrogen-bond donors (Lipinski definition) is 1. The summed E-state index contributed by atoms with van der Waals surface area (Å²) in [6.45, 7) is 1.98. The van der Waals surface area contributed by atoms with Gasteiger partial charge < -0.3 is 5.32 Å². The fourth-order valence-corrected chi connectivity index (χ4v) is 2.18. The predicted octanol–water partition coefficient (Wildman–Crippen LogP) is 3.63. The van der Waals surface area contributed by atoms with Gasteiger partial charge >= 0.3 is 0 Å². The fourth-order valence-electron chi connectivity index (χ4n) is 2.18. The molecule has 3 heteroatoms. The number of carbonyl (C=O) groups is 1. The third-order valence-corrected chi connectivity index (χ3v) is 3.14. The van der Waals surface area contributed by atoms with Gasteiger partial charge in [0.15, 0.2) is 0 Å². The van der Waals surface area contributed by atoms with Gasteiger partial charge in [-0.3, -0.25) is 4.79 Å². The molecule has 1 N–H and O–H groups in total. The first kappa shape index (κ1) is 11.7. The van der Waals surface area contributed by atoms with E-state index in [0.29, 0.717) is 5.57 Å². The number of carbonyl (C=O) groups excluding carboxylic acids is 1. The molecule has 0 saturated heterocycles. The third-order valence-electron chi connectivity index (χ3n) is 3.14. The minimum absolute atomic E-state index is 0.120. The molecule has 19 heavy (non-hydrogen) atoms. The topological polar surface area (TPSA) is 29.1 Å². The highest BCUT2D eigenvalue weighted by molar-refractivity contribution is 6.34. The van der Waals surface area contributed by atoms with Crippen molar-refractivity contribution in [3.8, 4) is 0 Å². The van der Waals surface area contributed by atoms with Crippen LogP contribution in [0.1, 0.15) is 16.7 Å². The van der Waals surface area contributed by atoms with Gasteiger partial charge in [0.1, 0.15) is 5.82 Å². The monoisotopic (exact) mass is 253 g/mol. The van der Waals surface area contributed by atoms with Crippen molar-refractivity contribution in [3.63, 3.8) is 0 Å². The summed E-state index contributed by atoms with van der Waals surface area (Å²) >= 11 is 0. The number of anilines is 1. The molecule has 0 bridgehead atoms. The molecular weight excluding hydrogens is 241 g/mol. The quantitative estimate of drug-likeness (QED) is 0.772. The van der Waals surface area contributed by atoms with Gasteiger partial charge in [0.05, 0.1) is 0 Å². The normalized spacial score (nSPS) is 15.5. The predicted molar refractivity (Wildman–Crippen MR) is 74.1 cm³/mol. The highest BCUT2D eigenvalue weighted by Gasteiger charge is 2.23. The van der Waals surface area contributed by atoms with Crippen LogP contribution in [-0.4, -0.2) is 5.91 Å². The Morgan fingerprint density at radius 2 is 1.84 bits per heavy atom. The maximum atomic E-state index is 12.9. The molecule has 2 nitrogen and oxygen atoms in total. The van der Waals surface area contributed by atoms with E-state index in [4.69, 9.17) is 0 Å². The van der Waals surface area contributed by atoms with Gasteiger partial charge in [-0.2, -0.15) is 0 Å². The molecule has 1 heterocycles. The number of amides is 1. The van der Waals surface area contributed by atoms with Crippen LogP contribution in [0.5, 0.6) is 0 Å². The Kier molecular flexibility index (Phi) is 2.67. The molecular formula is C16H12FNO. The zero-order chi connectivity index (χ0) is 13.4. The van der Waals surface area contributed by atoms with E-state index in [1.54, 1.807) is 18.2 Å². The average Bonchev–Trinajstić information content (AvgIpc) is 2.68. The molecule has 3 rings (SSSR count). The lowest BCUT2D eigenvalue weighted by Crippen LogP contribution is -2.03.